The average Bonchev–Trinajstić information content (AvgIpc) is 2.85. The van der Waals surface area contributed by atoms with Crippen LogP contribution in [-0.4, -0.2) is 57.7 Å². The van der Waals surface area contributed by atoms with Gasteiger partial charge in [-0.25, -0.2) is 0 Å². The zero-order valence-electron chi connectivity index (χ0n) is 19.7. The van der Waals surface area contributed by atoms with E-state index in [-0.39, 0.29) is 36.4 Å². The predicted molar refractivity (Wildman–Crippen MR) is 143 cm³/mol. The van der Waals surface area contributed by atoms with Gasteiger partial charge < -0.3 is 25.0 Å². The van der Waals surface area contributed by atoms with Crippen molar-refractivity contribution in [2.75, 3.05) is 40.9 Å². The summed E-state index contributed by atoms with van der Waals surface area (Å²) in [6, 6.07) is 16.3. The zero-order valence-corrected chi connectivity index (χ0v) is 22.0. The van der Waals surface area contributed by atoms with Crippen LogP contribution in [0.2, 0.25) is 0 Å². The molecule has 0 unspecified atom stereocenters. The molecule has 1 amide bonds. The Morgan fingerprint density at radius 2 is 1.79 bits per heavy atom. The number of piperidine rings is 1. The van der Waals surface area contributed by atoms with Crippen molar-refractivity contribution in [3.63, 3.8) is 0 Å². The normalized spacial score (nSPS) is 14.3. The molecule has 33 heavy (non-hydrogen) atoms. The van der Waals surface area contributed by atoms with Gasteiger partial charge in [0, 0.05) is 38.3 Å². The highest BCUT2D eigenvalue weighted by atomic mass is 127. The number of halogens is 1. The lowest BCUT2D eigenvalue weighted by Crippen LogP contribution is -2.46. The third kappa shape index (κ3) is 8.10. The molecule has 1 aliphatic heterocycles. The zero-order chi connectivity index (χ0) is 22.8. The summed E-state index contributed by atoms with van der Waals surface area (Å²) in [6.07, 6.45) is 3.18. The summed E-state index contributed by atoms with van der Waals surface area (Å²) < 4.78 is 10.7. The molecule has 1 fully saturated rings. The molecule has 1 saturated heterocycles. The van der Waals surface area contributed by atoms with E-state index in [0.29, 0.717) is 18.4 Å². The molecule has 0 bridgehead atoms. The average molecular weight is 566 g/mol. The van der Waals surface area contributed by atoms with Gasteiger partial charge in [0.15, 0.2) is 5.96 Å². The third-order valence-electron chi connectivity index (χ3n) is 5.91. The van der Waals surface area contributed by atoms with E-state index in [0.717, 1.165) is 49.4 Å². The summed E-state index contributed by atoms with van der Waals surface area (Å²) in [5.74, 6) is 2.81. The van der Waals surface area contributed by atoms with Gasteiger partial charge in [0.25, 0.3) is 0 Å². The van der Waals surface area contributed by atoms with Crippen LogP contribution in [0.4, 0.5) is 0 Å². The number of likely N-dealkylation sites (tertiary alicyclic amines) is 1. The van der Waals surface area contributed by atoms with Gasteiger partial charge in [-0.3, -0.25) is 9.79 Å². The molecule has 2 aromatic rings. The molecule has 180 valence electrons. The van der Waals surface area contributed by atoms with E-state index < -0.39 is 0 Å². The van der Waals surface area contributed by atoms with Crippen LogP contribution >= 0.6 is 24.0 Å². The van der Waals surface area contributed by atoms with Crippen LogP contribution in [0.1, 0.15) is 24.0 Å². The van der Waals surface area contributed by atoms with Crippen LogP contribution in [0.3, 0.4) is 0 Å². The van der Waals surface area contributed by atoms with E-state index in [1.165, 1.54) is 5.56 Å². The number of benzene rings is 2. The highest BCUT2D eigenvalue weighted by molar-refractivity contribution is 14.0. The smallest absolute Gasteiger partial charge is 0.241 e. The second kappa shape index (κ2) is 13.9. The lowest BCUT2D eigenvalue weighted by Gasteiger charge is -2.32. The number of carbonyl (C=O) groups is 1. The summed E-state index contributed by atoms with van der Waals surface area (Å²) in [7, 11) is 4.95. The standard InChI is InChI=1S/C25H34N4O3.HI/c1-26-25(27-17-21-9-10-22(31-2)16-23(21)32-3)28-18-24(30)29-13-11-20(12-14-29)15-19-7-5-4-6-8-19;/h4-10,16,20H,11-15,17-18H2,1-3H3,(H2,26,27,28);1H. The number of nitrogens with one attached hydrogen (secondary N) is 2. The highest BCUT2D eigenvalue weighted by Gasteiger charge is 2.23. The van der Waals surface area contributed by atoms with Gasteiger partial charge in [-0.2, -0.15) is 0 Å². The first-order valence-corrected chi connectivity index (χ1v) is 11.1. The molecule has 0 atom stereocenters. The SMILES string of the molecule is CN=C(NCC(=O)N1CCC(Cc2ccccc2)CC1)NCc1ccc(OC)cc1OC.I. The molecule has 0 aliphatic carbocycles. The lowest BCUT2D eigenvalue weighted by atomic mass is 9.90. The van der Waals surface area contributed by atoms with E-state index >= 15 is 0 Å². The Hall–Kier alpha value is -2.49. The van der Waals surface area contributed by atoms with Crippen LogP contribution in [-0.2, 0) is 17.8 Å². The van der Waals surface area contributed by atoms with E-state index in [9.17, 15) is 4.79 Å². The number of nitrogens with zero attached hydrogens (tertiary/aromatic N) is 2. The molecule has 0 saturated carbocycles. The Morgan fingerprint density at radius 1 is 1.06 bits per heavy atom. The maximum Gasteiger partial charge on any atom is 0.241 e. The number of rotatable bonds is 8. The second-order valence-electron chi connectivity index (χ2n) is 7.97. The first-order chi connectivity index (χ1) is 15.6. The Morgan fingerprint density at radius 3 is 2.42 bits per heavy atom. The number of amides is 1. The molecule has 8 heteroatoms. The van der Waals surface area contributed by atoms with Crippen LogP contribution in [0.15, 0.2) is 53.5 Å². The van der Waals surface area contributed by atoms with Crippen molar-refractivity contribution in [1.82, 2.24) is 15.5 Å². The lowest BCUT2D eigenvalue weighted by molar-refractivity contribution is -0.131. The third-order valence-corrected chi connectivity index (χ3v) is 5.91. The van der Waals surface area contributed by atoms with Crippen LogP contribution in [0, 0.1) is 5.92 Å². The van der Waals surface area contributed by atoms with Crippen molar-refractivity contribution in [1.29, 1.82) is 0 Å². The van der Waals surface area contributed by atoms with E-state index in [1.54, 1.807) is 21.3 Å². The van der Waals surface area contributed by atoms with Crippen molar-refractivity contribution < 1.29 is 14.3 Å². The van der Waals surface area contributed by atoms with Gasteiger partial charge in [-0.05, 0) is 42.9 Å². The Bertz CT molecular complexity index is 900. The number of guanidine groups is 1. The number of carbonyl (C=O) groups excluding carboxylic acids is 1. The number of aliphatic imine (C=N–C) groups is 1. The molecule has 0 spiro atoms. The molecule has 3 rings (SSSR count). The van der Waals surface area contributed by atoms with Crippen molar-refractivity contribution >= 4 is 35.8 Å². The Balaban J connectivity index is 0.00000385. The number of ether oxygens (including phenoxy) is 2. The minimum absolute atomic E-state index is 0. The van der Waals surface area contributed by atoms with Gasteiger partial charge in [-0.15, -0.1) is 24.0 Å². The maximum absolute atomic E-state index is 12.7. The maximum atomic E-state index is 12.7. The molecular weight excluding hydrogens is 531 g/mol. The number of hydrogen-bond acceptors (Lipinski definition) is 4. The largest absolute Gasteiger partial charge is 0.497 e. The van der Waals surface area contributed by atoms with Crippen LogP contribution < -0.4 is 20.1 Å². The highest BCUT2D eigenvalue weighted by Crippen LogP contribution is 2.24. The van der Waals surface area contributed by atoms with Crippen molar-refractivity contribution in [3.8, 4) is 11.5 Å². The number of hydrogen-bond donors (Lipinski definition) is 2. The fourth-order valence-electron chi connectivity index (χ4n) is 4.00. The Kier molecular flexibility index (Phi) is 11.3. The molecule has 2 aromatic carbocycles. The van der Waals surface area contributed by atoms with Crippen LogP contribution in [0.5, 0.6) is 11.5 Å². The number of methoxy groups -OCH3 is 2. The first kappa shape index (κ1) is 26.8. The van der Waals surface area contributed by atoms with Gasteiger partial charge >= 0.3 is 0 Å². The summed E-state index contributed by atoms with van der Waals surface area (Å²) in [4.78, 5) is 18.9. The summed E-state index contributed by atoms with van der Waals surface area (Å²) >= 11 is 0. The van der Waals surface area contributed by atoms with Gasteiger partial charge in [-0.1, -0.05) is 30.3 Å². The second-order valence-corrected chi connectivity index (χ2v) is 7.97. The topological polar surface area (TPSA) is 75.2 Å². The Labute approximate surface area is 214 Å². The van der Waals surface area contributed by atoms with E-state index in [1.807, 2.05) is 29.2 Å². The van der Waals surface area contributed by atoms with E-state index in [2.05, 4.69) is 39.9 Å². The van der Waals surface area contributed by atoms with Gasteiger partial charge in [0.05, 0.1) is 20.8 Å². The fourth-order valence-corrected chi connectivity index (χ4v) is 4.00. The molecule has 2 N–H and O–H groups in total. The molecule has 0 radical (unpaired) electrons. The van der Waals surface area contributed by atoms with Gasteiger partial charge in [0.1, 0.15) is 11.5 Å². The van der Waals surface area contributed by atoms with Crippen LogP contribution in [0.25, 0.3) is 0 Å². The van der Waals surface area contributed by atoms with Crippen molar-refractivity contribution in [2.45, 2.75) is 25.8 Å². The summed E-state index contributed by atoms with van der Waals surface area (Å²) in [6.45, 7) is 2.37. The van der Waals surface area contributed by atoms with Gasteiger partial charge in [0.2, 0.25) is 5.91 Å². The minimum Gasteiger partial charge on any atom is -0.497 e. The molecule has 7 nitrogen and oxygen atoms in total. The molecular formula is C25H35IN4O3. The minimum atomic E-state index is 0. The molecule has 1 heterocycles. The summed E-state index contributed by atoms with van der Waals surface area (Å²) in [5.41, 5.74) is 2.35. The van der Waals surface area contributed by atoms with E-state index in [4.69, 9.17) is 9.47 Å². The molecule has 1 aliphatic rings. The van der Waals surface area contributed by atoms with Crippen molar-refractivity contribution in [2.24, 2.45) is 10.9 Å². The fraction of sp³-hybridized carbons (Fsp3) is 0.440. The van der Waals surface area contributed by atoms with Crippen molar-refractivity contribution in [3.05, 3.63) is 59.7 Å². The monoisotopic (exact) mass is 566 g/mol. The molecule has 0 aromatic heterocycles. The first-order valence-electron chi connectivity index (χ1n) is 11.1. The quantitative estimate of drug-likeness (QED) is 0.291. The summed E-state index contributed by atoms with van der Waals surface area (Å²) in [5, 5.41) is 6.37. The predicted octanol–water partition coefficient (Wildman–Crippen LogP) is 3.47.